The van der Waals surface area contributed by atoms with Crippen LogP contribution < -0.4 is 5.32 Å². The molecule has 6 heteroatoms. The number of amides is 1. The Labute approximate surface area is 149 Å². The van der Waals surface area contributed by atoms with Gasteiger partial charge in [0.2, 0.25) is 0 Å². The highest BCUT2D eigenvalue weighted by Crippen LogP contribution is 2.39. The maximum Gasteiger partial charge on any atom is 0.251 e. The molecule has 1 atom stereocenters. The van der Waals surface area contributed by atoms with Crippen LogP contribution in [0.15, 0.2) is 60.2 Å². The lowest BCUT2D eigenvalue weighted by Gasteiger charge is -2.37. The summed E-state index contributed by atoms with van der Waals surface area (Å²) in [7, 11) is 0. The Hall–Kier alpha value is -2.44. The Balaban J connectivity index is 1.55. The van der Waals surface area contributed by atoms with Gasteiger partial charge in [0.25, 0.3) is 5.91 Å². The molecule has 1 amide bonds. The first-order valence-electron chi connectivity index (χ1n) is 8.33. The molecule has 1 aromatic carbocycles. The summed E-state index contributed by atoms with van der Waals surface area (Å²) in [5.74, 6) is 0.181. The molecular weight excluding hydrogens is 334 g/mol. The van der Waals surface area contributed by atoms with Crippen molar-refractivity contribution in [1.29, 1.82) is 0 Å². The molecule has 1 fully saturated rings. The van der Waals surface area contributed by atoms with Gasteiger partial charge in [-0.25, -0.2) is 4.68 Å². The van der Waals surface area contributed by atoms with E-state index in [0.29, 0.717) is 5.56 Å². The number of carbonyl (C=O) groups excluding carboxylic acids is 1. The summed E-state index contributed by atoms with van der Waals surface area (Å²) >= 11 is 1.64. The third-order valence-corrected chi connectivity index (χ3v) is 5.59. The number of benzene rings is 1. The zero-order valence-corrected chi connectivity index (χ0v) is 14.4. The molecule has 0 aliphatic heterocycles. The van der Waals surface area contributed by atoms with Crippen LogP contribution >= 0.6 is 11.3 Å². The fourth-order valence-corrected chi connectivity index (χ4v) is 4.10. The van der Waals surface area contributed by atoms with Crippen molar-refractivity contribution in [2.45, 2.75) is 25.0 Å². The van der Waals surface area contributed by atoms with Crippen molar-refractivity contribution in [2.24, 2.45) is 5.92 Å². The molecule has 0 spiro atoms. The van der Waals surface area contributed by atoms with Crippen molar-refractivity contribution in [1.82, 2.24) is 15.1 Å². The molecule has 0 radical (unpaired) electrons. The third kappa shape index (κ3) is 3.36. The molecule has 0 bridgehead atoms. The first-order valence-corrected chi connectivity index (χ1v) is 9.21. The van der Waals surface area contributed by atoms with Crippen LogP contribution in [0.25, 0.3) is 5.69 Å². The smallest absolute Gasteiger partial charge is 0.251 e. The monoisotopic (exact) mass is 353 g/mol. The fourth-order valence-electron chi connectivity index (χ4n) is 3.23. The van der Waals surface area contributed by atoms with Gasteiger partial charge in [0.1, 0.15) is 0 Å². The Kier molecular flexibility index (Phi) is 4.38. The topological polar surface area (TPSA) is 67.2 Å². The number of hydrogen-bond donors (Lipinski definition) is 2. The van der Waals surface area contributed by atoms with Crippen molar-refractivity contribution in [3.63, 3.8) is 0 Å². The summed E-state index contributed by atoms with van der Waals surface area (Å²) in [6, 6.07) is 13.3. The first kappa shape index (κ1) is 16.1. The first-order chi connectivity index (χ1) is 12.2. The molecule has 4 rings (SSSR count). The number of thiophene rings is 1. The van der Waals surface area contributed by atoms with Gasteiger partial charge in [-0.1, -0.05) is 12.1 Å². The van der Waals surface area contributed by atoms with E-state index in [1.807, 2.05) is 54.0 Å². The van der Waals surface area contributed by atoms with E-state index in [9.17, 15) is 9.90 Å². The van der Waals surface area contributed by atoms with Crippen LogP contribution in [0.1, 0.15) is 34.1 Å². The van der Waals surface area contributed by atoms with Crippen LogP contribution in [0, 0.1) is 5.92 Å². The van der Waals surface area contributed by atoms with E-state index in [2.05, 4.69) is 10.4 Å². The molecule has 1 aliphatic carbocycles. The molecule has 1 saturated carbocycles. The number of hydrogen-bond acceptors (Lipinski definition) is 4. The van der Waals surface area contributed by atoms with Crippen LogP contribution in [-0.2, 0) is 0 Å². The van der Waals surface area contributed by atoms with Gasteiger partial charge in [-0.3, -0.25) is 4.79 Å². The molecule has 5 nitrogen and oxygen atoms in total. The summed E-state index contributed by atoms with van der Waals surface area (Å²) in [5, 5.41) is 19.0. The molecule has 1 unspecified atom stereocenters. The standard InChI is InChI=1S/C19H19N3O2S/c23-16-11-14(12-16)18(17-6-2-9-25-17)21-19(24)13-4-1-5-15(10-13)22-8-3-7-20-22/h1-10,14,16,18,23H,11-12H2,(H,21,24). The van der Waals surface area contributed by atoms with Gasteiger partial charge < -0.3 is 10.4 Å². The van der Waals surface area contributed by atoms with Crippen molar-refractivity contribution in [2.75, 3.05) is 0 Å². The Morgan fingerprint density at radius 1 is 1.28 bits per heavy atom. The van der Waals surface area contributed by atoms with Gasteiger partial charge in [0.05, 0.1) is 17.8 Å². The second kappa shape index (κ2) is 6.82. The van der Waals surface area contributed by atoms with Crippen LogP contribution in [0.5, 0.6) is 0 Å². The third-order valence-electron chi connectivity index (χ3n) is 4.63. The molecule has 3 aromatic rings. The van der Waals surface area contributed by atoms with Gasteiger partial charge in [0.15, 0.2) is 0 Å². The van der Waals surface area contributed by atoms with Gasteiger partial charge in [-0.15, -0.1) is 11.3 Å². The second-order valence-electron chi connectivity index (χ2n) is 6.35. The quantitative estimate of drug-likeness (QED) is 0.740. The molecule has 2 heterocycles. The highest BCUT2D eigenvalue weighted by Gasteiger charge is 2.36. The van der Waals surface area contributed by atoms with E-state index in [1.165, 1.54) is 0 Å². The maximum atomic E-state index is 12.8. The number of aliphatic hydroxyl groups excluding tert-OH is 1. The zero-order valence-electron chi connectivity index (χ0n) is 13.6. The molecular formula is C19H19N3O2S. The minimum absolute atomic E-state index is 0.0516. The SMILES string of the molecule is O=C(NC(c1cccs1)C1CC(O)C1)c1cccc(-n2cccn2)c1. The highest BCUT2D eigenvalue weighted by molar-refractivity contribution is 7.10. The highest BCUT2D eigenvalue weighted by atomic mass is 32.1. The van der Waals surface area contributed by atoms with Gasteiger partial charge in [-0.05, 0) is 54.5 Å². The molecule has 128 valence electrons. The van der Waals surface area contributed by atoms with E-state index in [-0.39, 0.29) is 24.0 Å². The predicted molar refractivity (Wildman–Crippen MR) is 96.8 cm³/mol. The maximum absolute atomic E-state index is 12.8. The number of aromatic nitrogens is 2. The molecule has 2 aromatic heterocycles. The van der Waals surface area contributed by atoms with Crippen molar-refractivity contribution in [3.05, 3.63) is 70.7 Å². The lowest BCUT2D eigenvalue weighted by atomic mass is 9.76. The van der Waals surface area contributed by atoms with E-state index in [1.54, 1.807) is 22.2 Å². The number of carbonyl (C=O) groups is 1. The Morgan fingerprint density at radius 3 is 2.84 bits per heavy atom. The van der Waals surface area contributed by atoms with E-state index in [4.69, 9.17) is 0 Å². The predicted octanol–water partition coefficient (Wildman–Crippen LogP) is 3.18. The molecule has 0 saturated heterocycles. The molecule has 25 heavy (non-hydrogen) atoms. The van der Waals surface area contributed by atoms with Crippen LogP contribution in [0.2, 0.25) is 0 Å². The average molecular weight is 353 g/mol. The van der Waals surface area contributed by atoms with Crippen molar-refractivity contribution in [3.8, 4) is 5.69 Å². The van der Waals surface area contributed by atoms with Crippen LogP contribution in [0.3, 0.4) is 0 Å². The van der Waals surface area contributed by atoms with Crippen LogP contribution in [-0.4, -0.2) is 26.9 Å². The van der Waals surface area contributed by atoms with Gasteiger partial charge in [0, 0.05) is 22.8 Å². The minimum Gasteiger partial charge on any atom is -0.393 e. The molecule has 1 aliphatic rings. The summed E-state index contributed by atoms with van der Waals surface area (Å²) in [4.78, 5) is 13.9. The number of nitrogens with zero attached hydrogens (tertiary/aromatic N) is 2. The van der Waals surface area contributed by atoms with E-state index < -0.39 is 0 Å². The second-order valence-corrected chi connectivity index (χ2v) is 7.33. The number of aliphatic hydroxyl groups is 1. The Bertz CT molecular complexity index is 839. The summed E-state index contributed by atoms with van der Waals surface area (Å²) in [5.41, 5.74) is 1.46. The van der Waals surface area contributed by atoms with Crippen molar-refractivity contribution >= 4 is 17.2 Å². The summed E-state index contributed by atoms with van der Waals surface area (Å²) in [6.45, 7) is 0. The average Bonchev–Trinajstić information content (AvgIpc) is 3.30. The largest absolute Gasteiger partial charge is 0.393 e. The van der Waals surface area contributed by atoms with Crippen molar-refractivity contribution < 1.29 is 9.90 Å². The Morgan fingerprint density at radius 2 is 2.16 bits per heavy atom. The van der Waals surface area contributed by atoms with Gasteiger partial charge >= 0.3 is 0 Å². The number of nitrogens with one attached hydrogen (secondary N) is 1. The lowest BCUT2D eigenvalue weighted by molar-refractivity contribution is 0.0241. The summed E-state index contributed by atoms with van der Waals surface area (Å²) < 4.78 is 1.73. The number of rotatable bonds is 5. The van der Waals surface area contributed by atoms with E-state index in [0.717, 1.165) is 23.4 Å². The lowest BCUT2D eigenvalue weighted by Crippen LogP contribution is -2.41. The van der Waals surface area contributed by atoms with Gasteiger partial charge in [-0.2, -0.15) is 5.10 Å². The molecule has 2 N–H and O–H groups in total. The summed E-state index contributed by atoms with van der Waals surface area (Å²) in [6.07, 6.45) is 4.78. The zero-order chi connectivity index (χ0) is 17.2. The fraction of sp³-hybridized carbons (Fsp3) is 0.263. The van der Waals surface area contributed by atoms with E-state index >= 15 is 0 Å². The minimum atomic E-state index is -0.243. The normalized spacial score (nSPS) is 20.7. The van der Waals surface area contributed by atoms with Crippen LogP contribution in [0.4, 0.5) is 0 Å².